The highest BCUT2D eigenvalue weighted by atomic mass is 35.5. The molecule has 0 aliphatic carbocycles. The van der Waals surface area contributed by atoms with E-state index >= 15 is 0 Å². The fourth-order valence-electron chi connectivity index (χ4n) is 2.13. The van der Waals surface area contributed by atoms with Crippen molar-refractivity contribution in [2.24, 2.45) is 0 Å². The molecule has 0 amide bonds. The predicted octanol–water partition coefficient (Wildman–Crippen LogP) is 2.50. The third kappa shape index (κ3) is 3.16. The molecule has 0 saturated carbocycles. The normalized spacial score (nSPS) is 14.8. The van der Waals surface area contributed by atoms with Crippen molar-refractivity contribution in [3.8, 4) is 0 Å². The van der Waals surface area contributed by atoms with E-state index in [2.05, 4.69) is 30.2 Å². The predicted molar refractivity (Wildman–Crippen MR) is 80.5 cm³/mol. The standard InChI is InChI=1S/C12H15ClN6S/c1-8-14-6-9(20-8)7-15-11-16-10(13)17-12(18-11)19-4-2-3-5-19/h6H,2-5,7H2,1H3,(H,15,16,17,18). The van der Waals surface area contributed by atoms with Gasteiger partial charge in [0.1, 0.15) is 0 Å². The summed E-state index contributed by atoms with van der Waals surface area (Å²) < 4.78 is 0. The van der Waals surface area contributed by atoms with Gasteiger partial charge in [-0.2, -0.15) is 15.0 Å². The van der Waals surface area contributed by atoms with Crippen LogP contribution in [0.25, 0.3) is 0 Å². The quantitative estimate of drug-likeness (QED) is 0.936. The number of aromatic nitrogens is 4. The highest BCUT2D eigenvalue weighted by Gasteiger charge is 2.16. The molecule has 0 radical (unpaired) electrons. The van der Waals surface area contributed by atoms with Gasteiger partial charge < -0.3 is 10.2 Å². The van der Waals surface area contributed by atoms with Crippen LogP contribution in [0.1, 0.15) is 22.7 Å². The molecular weight excluding hydrogens is 296 g/mol. The third-order valence-corrected chi connectivity index (χ3v) is 4.16. The molecule has 106 valence electrons. The van der Waals surface area contributed by atoms with Gasteiger partial charge in [0.2, 0.25) is 17.2 Å². The lowest BCUT2D eigenvalue weighted by Crippen LogP contribution is -2.21. The second kappa shape index (κ2) is 5.88. The van der Waals surface area contributed by atoms with E-state index in [9.17, 15) is 0 Å². The van der Waals surface area contributed by atoms with E-state index in [4.69, 9.17) is 11.6 Å². The Hall–Kier alpha value is -1.47. The maximum atomic E-state index is 5.98. The Labute approximate surface area is 126 Å². The molecule has 1 saturated heterocycles. The number of hydrogen-bond acceptors (Lipinski definition) is 7. The van der Waals surface area contributed by atoms with Crippen molar-refractivity contribution in [1.82, 2.24) is 19.9 Å². The van der Waals surface area contributed by atoms with Crippen LogP contribution in [0.5, 0.6) is 0 Å². The molecular formula is C12H15ClN6S. The van der Waals surface area contributed by atoms with Crippen LogP contribution in [0.2, 0.25) is 5.28 Å². The average Bonchev–Trinajstić information content (AvgIpc) is 3.07. The minimum atomic E-state index is 0.227. The lowest BCUT2D eigenvalue weighted by atomic mass is 10.4. The molecule has 3 rings (SSSR count). The summed E-state index contributed by atoms with van der Waals surface area (Å²) in [6, 6.07) is 0. The molecule has 2 aromatic rings. The minimum Gasteiger partial charge on any atom is -0.349 e. The molecule has 0 atom stereocenters. The van der Waals surface area contributed by atoms with Gasteiger partial charge in [-0.15, -0.1) is 11.3 Å². The number of hydrogen-bond donors (Lipinski definition) is 1. The first-order chi connectivity index (χ1) is 9.70. The van der Waals surface area contributed by atoms with Crippen molar-refractivity contribution < 1.29 is 0 Å². The molecule has 6 nitrogen and oxygen atoms in total. The zero-order chi connectivity index (χ0) is 13.9. The maximum absolute atomic E-state index is 5.98. The van der Waals surface area contributed by atoms with E-state index in [0.29, 0.717) is 18.4 Å². The van der Waals surface area contributed by atoms with Gasteiger partial charge in [0, 0.05) is 24.2 Å². The van der Waals surface area contributed by atoms with Crippen LogP contribution in [0, 0.1) is 6.92 Å². The van der Waals surface area contributed by atoms with Crippen LogP contribution in [-0.4, -0.2) is 33.0 Å². The number of anilines is 2. The Morgan fingerprint density at radius 3 is 2.80 bits per heavy atom. The third-order valence-electron chi connectivity index (χ3n) is 3.08. The molecule has 0 spiro atoms. The molecule has 1 N–H and O–H groups in total. The lowest BCUT2D eigenvalue weighted by Gasteiger charge is -2.15. The Morgan fingerprint density at radius 2 is 2.10 bits per heavy atom. The molecule has 1 aliphatic heterocycles. The monoisotopic (exact) mass is 310 g/mol. The van der Waals surface area contributed by atoms with Gasteiger partial charge in [0.05, 0.1) is 11.6 Å². The summed E-state index contributed by atoms with van der Waals surface area (Å²) in [6.45, 7) is 4.59. The van der Waals surface area contributed by atoms with Gasteiger partial charge in [-0.3, -0.25) is 0 Å². The molecule has 8 heteroatoms. The Balaban J connectivity index is 1.72. The van der Waals surface area contributed by atoms with Crippen LogP contribution in [0.3, 0.4) is 0 Å². The fraction of sp³-hybridized carbons (Fsp3) is 0.500. The van der Waals surface area contributed by atoms with E-state index in [0.717, 1.165) is 23.0 Å². The zero-order valence-corrected chi connectivity index (χ0v) is 12.7. The van der Waals surface area contributed by atoms with E-state index in [1.807, 2.05) is 13.1 Å². The van der Waals surface area contributed by atoms with Gasteiger partial charge >= 0.3 is 0 Å². The van der Waals surface area contributed by atoms with Crippen LogP contribution >= 0.6 is 22.9 Å². The molecule has 3 heterocycles. The second-order valence-electron chi connectivity index (χ2n) is 4.62. The maximum Gasteiger partial charge on any atom is 0.231 e. The SMILES string of the molecule is Cc1ncc(CNc2nc(Cl)nc(N3CCCC3)n2)s1. The summed E-state index contributed by atoms with van der Waals surface area (Å²) >= 11 is 7.63. The van der Waals surface area contributed by atoms with Crippen molar-refractivity contribution in [2.45, 2.75) is 26.3 Å². The van der Waals surface area contributed by atoms with Crippen LogP contribution in [0.4, 0.5) is 11.9 Å². The number of rotatable bonds is 4. The topological polar surface area (TPSA) is 66.8 Å². The first kappa shape index (κ1) is 13.5. The summed E-state index contributed by atoms with van der Waals surface area (Å²) in [6.07, 6.45) is 4.20. The number of halogens is 1. The van der Waals surface area contributed by atoms with Crippen molar-refractivity contribution >= 4 is 34.8 Å². The average molecular weight is 311 g/mol. The molecule has 0 aromatic carbocycles. The highest BCUT2D eigenvalue weighted by molar-refractivity contribution is 7.11. The Morgan fingerprint density at radius 1 is 1.30 bits per heavy atom. The van der Waals surface area contributed by atoms with Gasteiger partial charge in [0.15, 0.2) is 0 Å². The summed E-state index contributed by atoms with van der Waals surface area (Å²) in [5, 5.41) is 4.45. The summed E-state index contributed by atoms with van der Waals surface area (Å²) in [5.74, 6) is 1.17. The van der Waals surface area contributed by atoms with Gasteiger partial charge in [-0.05, 0) is 31.4 Å². The van der Waals surface area contributed by atoms with Crippen LogP contribution in [-0.2, 0) is 6.54 Å². The number of nitrogens with zero attached hydrogens (tertiary/aromatic N) is 5. The van der Waals surface area contributed by atoms with Crippen molar-refractivity contribution in [1.29, 1.82) is 0 Å². The van der Waals surface area contributed by atoms with E-state index in [1.54, 1.807) is 11.3 Å². The minimum absolute atomic E-state index is 0.227. The Kier molecular flexibility index (Phi) is 3.98. The van der Waals surface area contributed by atoms with Gasteiger partial charge in [-0.1, -0.05) is 0 Å². The van der Waals surface area contributed by atoms with E-state index in [-0.39, 0.29) is 5.28 Å². The van der Waals surface area contributed by atoms with E-state index < -0.39 is 0 Å². The number of thiazole rings is 1. The lowest BCUT2D eigenvalue weighted by molar-refractivity contribution is 0.877. The van der Waals surface area contributed by atoms with Crippen molar-refractivity contribution in [2.75, 3.05) is 23.3 Å². The number of aryl methyl sites for hydroxylation is 1. The van der Waals surface area contributed by atoms with Gasteiger partial charge in [-0.25, -0.2) is 4.98 Å². The molecule has 1 aliphatic rings. The van der Waals surface area contributed by atoms with Crippen molar-refractivity contribution in [3.63, 3.8) is 0 Å². The van der Waals surface area contributed by atoms with Crippen molar-refractivity contribution in [3.05, 3.63) is 21.4 Å². The zero-order valence-electron chi connectivity index (χ0n) is 11.1. The van der Waals surface area contributed by atoms with E-state index in [1.165, 1.54) is 12.8 Å². The molecule has 0 unspecified atom stereocenters. The van der Waals surface area contributed by atoms with Crippen LogP contribution in [0.15, 0.2) is 6.20 Å². The fourth-order valence-corrected chi connectivity index (χ4v) is 3.02. The smallest absolute Gasteiger partial charge is 0.231 e. The molecule has 20 heavy (non-hydrogen) atoms. The summed E-state index contributed by atoms with van der Waals surface area (Å²) in [4.78, 5) is 20.2. The number of nitrogens with one attached hydrogen (secondary N) is 1. The summed E-state index contributed by atoms with van der Waals surface area (Å²) in [5.41, 5.74) is 0. The first-order valence-electron chi connectivity index (χ1n) is 6.52. The van der Waals surface area contributed by atoms with Gasteiger partial charge in [0.25, 0.3) is 0 Å². The second-order valence-corrected chi connectivity index (χ2v) is 6.28. The Bertz CT molecular complexity index is 595. The molecule has 1 fully saturated rings. The highest BCUT2D eigenvalue weighted by Crippen LogP contribution is 2.19. The molecule has 0 bridgehead atoms. The van der Waals surface area contributed by atoms with Crippen LogP contribution < -0.4 is 10.2 Å². The summed E-state index contributed by atoms with van der Waals surface area (Å²) in [7, 11) is 0. The largest absolute Gasteiger partial charge is 0.349 e. The first-order valence-corrected chi connectivity index (χ1v) is 7.72. The molecule has 2 aromatic heterocycles.